The van der Waals surface area contributed by atoms with E-state index in [4.69, 9.17) is 4.74 Å². The molecule has 0 bridgehead atoms. The molecule has 0 aliphatic rings. The summed E-state index contributed by atoms with van der Waals surface area (Å²) in [5.41, 5.74) is 0.311. The number of nitrogens with one attached hydrogen (secondary N) is 1. The highest BCUT2D eigenvalue weighted by molar-refractivity contribution is 7.92. The van der Waals surface area contributed by atoms with Crippen molar-refractivity contribution < 1.29 is 17.9 Å². The van der Waals surface area contributed by atoms with Gasteiger partial charge in [0.1, 0.15) is 4.88 Å². The van der Waals surface area contributed by atoms with Gasteiger partial charge in [-0.15, -0.1) is 11.3 Å². The Hall–Kier alpha value is -1.60. The van der Waals surface area contributed by atoms with Crippen LogP contribution in [0.3, 0.4) is 0 Å². The number of carbonyl (C=O) groups is 1. The van der Waals surface area contributed by atoms with Gasteiger partial charge < -0.3 is 4.74 Å². The highest BCUT2D eigenvalue weighted by Crippen LogP contribution is 2.36. The Bertz CT molecular complexity index is 734. The maximum Gasteiger partial charge on any atom is 0.350 e. The van der Waals surface area contributed by atoms with E-state index in [0.29, 0.717) is 17.5 Å². The maximum atomic E-state index is 11.9. The number of methoxy groups -OCH3 is 1. The van der Waals surface area contributed by atoms with Crippen LogP contribution in [0, 0.1) is 0 Å². The van der Waals surface area contributed by atoms with Gasteiger partial charge in [-0.05, 0) is 12.5 Å². The Morgan fingerprint density at radius 3 is 2.70 bits per heavy atom. The molecule has 0 aliphatic carbocycles. The van der Waals surface area contributed by atoms with Crippen LogP contribution in [0.15, 0.2) is 24.3 Å². The Morgan fingerprint density at radius 1 is 1.35 bits per heavy atom. The highest BCUT2D eigenvalue weighted by Gasteiger charge is 2.22. The molecule has 0 aliphatic heterocycles. The summed E-state index contributed by atoms with van der Waals surface area (Å²) >= 11 is 1.21. The molecule has 0 fully saturated rings. The Morgan fingerprint density at radius 2 is 2.05 bits per heavy atom. The number of ether oxygens (including phenoxy) is 1. The van der Waals surface area contributed by atoms with Crippen LogP contribution in [0.2, 0.25) is 0 Å². The largest absolute Gasteiger partial charge is 0.465 e. The van der Waals surface area contributed by atoms with Crippen molar-refractivity contribution >= 4 is 43.1 Å². The first-order valence-corrected chi connectivity index (χ1v) is 8.55. The molecule has 0 saturated heterocycles. The number of esters is 1. The number of rotatable bonds is 5. The number of fused-ring (bicyclic) bond motifs is 1. The van der Waals surface area contributed by atoms with E-state index in [9.17, 15) is 13.2 Å². The molecule has 0 saturated carbocycles. The molecular weight excluding hydrogens is 298 g/mol. The molecule has 7 heteroatoms. The fourth-order valence-electron chi connectivity index (χ4n) is 1.86. The van der Waals surface area contributed by atoms with Crippen molar-refractivity contribution in [1.82, 2.24) is 0 Å². The van der Waals surface area contributed by atoms with Crippen LogP contribution in [0.25, 0.3) is 10.1 Å². The van der Waals surface area contributed by atoms with E-state index in [1.54, 1.807) is 19.1 Å². The van der Waals surface area contributed by atoms with Crippen molar-refractivity contribution in [2.24, 2.45) is 0 Å². The lowest BCUT2D eigenvalue weighted by atomic mass is 10.2. The SMILES string of the molecule is CCCS(=O)(=O)Nc1c(C(=O)OC)sc2ccccc12. The summed E-state index contributed by atoms with van der Waals surface area (Å²) in [4.78, 5) is 12.1. The third-order valence-corrected chi connectivity index (χ3v) is 5.31. The summed E-state index contributed by atoms with van der Waals surface area (Å²) in [6, 6.07) is 7.25. The second-order valence-corrected chi connectivity index (χ2v) is 7.11. The van der Waals surface area contributed by atoms with Crippen LogP contribution in [0.4, 0.5) is 5.69 Å². The molecule has 0 radical (unpaired) electrons. The lowest BCUT2D eigenvalue weighted by Crippen LogP contribution is -2.17. The predicted molar refractivity (Wildman–Crippen MR) is 80.9 cm³/mol. The molecule has 20 heavy (non-hydrogen) atoms. The Balaban J connectivity index is 2.57. The second kappa shape index (κ2) is 5.80. The average Bonchev–Trinajstić information content (AvgIpc) is 2.76. The van der Waals surface area contributed by atoms with Crippen LogP contribution >= 0.6 is 11.3 Å². The summed E-state index contributed by atoms with van der Waals surface area (Å²) < 4.78 is 32.0. The fraction of sp³-hybridized carbons (Fsp3) is 0.308. The van der Waals surface area contributed by atoms with E-state index >= 15 is 0 Å². The molecule has 1 N–H and O–H groups in total. The van der Waals surface area contributed by atoms with Gasteiger partial charge in [0.05, 0.1) is 18.6 Å². The van der Waals surface area contributed by atoms with Gasteiger partial charge in [0.25, 0.3) is 0 Å². The zero-order valence-electron chi connectivity index (χ0n) is 11.2. The van der Waals surface area contributed by atoms with Crippen LogP contribution < -0.4 is 4.72 Å². The monoisotopic (exact) mass is 313 g/mol. The van der Waals surface area contributed by atoms with Gasteiger partial charge in [-0.25, -0.2) is 13.2 Å². The molecule has 1 heterocycles. The van der Waals surface area contributed by atoms with E-state index < -0.39 is 16.0 Å². The van der Waals surface area contributed by atoms with Gasteiger partial charge in [-0.2, -0.15) is 0 Å². The first-order valence-electron chi connectivity index (χ1n) is 6.09. The minimum Gasteiger partial charge on any atom is -0.465 e. The lowest BCUT2D eigenvalue weighted by Gasteiger charge is -2.08. The van der Waals surface area contributed by atoms with Crippen molar-refractivity contribution in [1.29, 1.82) is 0 Å². The van der Waals surface area contributed by atoms with Crippen LogP contribution in [0.1, 0.15) is 23.0 Å². The summed E-state index contributed by atoms with van der Waals surface area (Å²) in [5, 5.41) is 0.706. The number of sulfonamides is 1. The molecule has 0 spiro atoms. The minimum atomic E-state index is -3.46. The van der Waals surface area contributed by atoms with E-state index in [2.05, 4.69) is 4.72 Å². The average molecular weight is 313 g/mol. The van der Waals surface area contributed by atoms with Crippen LogP contribution in [-0.2, 0) is 14.8 Å². The number of carbonyl (C=O) groups excluding carboxylic acids is 1. The summed E-state index contributed by atoms with van der Waals surface area (Å²) in [6.45, 7) is 1.78. The number of thiophene rings is 1. The summed E-state index contributed by atoms with van der Waals surface area (Å²) in [7, 11) is -2.19. The molecule has 2 rings (SSSR count). The normalized spacial score (nSPS) is 11.5. The number of hydrogen-bond donors (Lipinski definition) is 1. The molecule has 1 aromatic heterocycles. The van der Waals surface area contributed by atoms with E-state index in [-0.39, 0.29) is 10.6 Å². The molecule has 0 atom stereocenters. The standard InChI is InChI=1S/C13H15NO4S2/c1-3-8-20(16,17)14-11-9-6-4-5-7-10(9)19-12(11)13(15)18-2/h4-7,14H,3,8H2,1-2H3. The molecule has 1 aromatic carbocycles. The smallest absolute Gasteiger partial charge is 0.350 e. The number of benzene rings is 1. The van der Waals surface area contributed by atoms with Crippen LogP contribution in [0.5, 0.6) is 0 Å². The zero-order chi connectivity index (χ0) is 14.8. The predicted octanol–water partition coefficient (Wildman–Crippen LogP) is 2.84. The summed E-state index contributed by atoms with van der Waals surface area (Å²) in [6.07, 6.45) is 0.505. The van der Waals surface area contributed by atoms with E-state index in [1.165, 1.54) is 18.4 Å². The zero-order valence-corrected chi connectivity index (χ0v) is 12.8. The third kappa shape index (κ3) is 2.94. The van der Waals surface area contributed by atoms with Gasteiger partial charge in [0.2, 0.25) is 10.0 Å². The fourth-order valence-corrected chi connectivity index (χ4v) is 4.16. The molecule has 0 unspecified atom stereocenters. The first-order chi connectivity index (χ1) is 9.48. The van der Waals surface area contributed by atoms with E-state index in [1.807, 2.05) is 12.1 Å². The molecule has 5 nitrogen and oxygen atoms in total. The van der Waals surface area contributed by atoms with Gasteiger partial charge in [-0.1, -0.05) is 25.1 Å². The molecule has 0 amide bonds. The number of hydrogen-bond acceptors (Lipinski definition) is 5. The molecule has 108 valence electrons. The van der Waals surface area contributed by atoms with Crippen molar-refractivity contribution in [3.8, 4) is 0 Å². The van der Waals surface area contributed by atoms with Crippen molar-refractivity contribution in [3.05, 3.63) is 29.1 Å². The lowest BCUT2D eigenvalue weighted by molar-refractivity contribution is 0.0607. The highest BCUT2D eigenvalue weighted by atomic mass is 32.2. The Kier molecular flexibility index (Phi) is 4.29. The van der Waals surface area contributed by atoms with Crippen LogP contribution in [-0.4, -0.2) is 27.2 Å². The molecular formula is C13H15NO4S2. The van der Waals surface area contributed by atoms with Crippen molar-refractivity contribution in [2.45, 2.75) is 13.3 Å². The third-order valence-electron chi connectivity index (χ3n) is 2.70. The maximum absolute atomic E-state index is 11.9. The topological polar surface area (TPSA) is 72.5 Å². The second-order valence-electron chi connectivity index (χ2n) is 4.21. The molecule has 2 aromatic rings. The number of anilines is 1. The summed E-state index contributed by atoms with van der Waals surface area (Å²) in [5.74, 6) is -0.530. The minimum absolute atomic E-state index is 0.0117. The van der Waals surface area contributed by atoms with Gasteiger partial charge in [0, 0.05) is 10.1 Å². The van der Waals surface area contributed by atoms with Crippen molar-refractivity contribution in [3.63, 3.8) is 0 Å². The van der Waals surface area contributed by atoms with Gasteiger partial charge in [-0.3, -0.25) is 4.72 Å². The quantitative estimate of drug-likeness (QED) is 0.862. The van der Waals surface area contributed by atoms with Gasteiger partial charge in [0.15, 0.2) is 0 Å². The Labute approximate surface area is 121 Å². The first kappa shape index (κ1) is 14.8. The van der Waals surface area contributed by atoms with Crippen molar-refractivity contribution in [2.75, 3.05) is 17.6 Å². The van der Waals surface area contributed by atoms with E-state index in [0.717, 1.165) is 4.70 Å². The van der Waals surface area contributed by atoms with Gasteiger partial charge >= 0.3 is 5.97 Å².